The molecule has 2 N–H and O–H groups in total. The molecule has 0 spiro atoms. The van der Waals surface area contributed by atoms with E-state index in [9.17, 15) is 9.59 Å². The lowest BCUT2D eigenvalue weighted by Gasteiger charge is -2.14. The number of hydrogen-bond donors (Lipinski definition) is 2. The summed E-state index contributed by atoms with van der Waals surface area (Å²) >= 11 is 25.4. The van der Waals surface area contributed by atoms with E-state index in [0.717, 1.165) is 4.90 Å². The molecule has 9 heteroatoms. The highest BCUT2D eigenvalue weighted by atomic mass is 35.5. The molecular formula is C22H16Cl4N2O2S. The number of hydrogen-bond acceptors (Lipinski definition) is 3. The summed E-state index contributed by atoms with van der Waals surface area (Å²) in [7, 11) is 0. The predicted octanol–water partition coefficient (Wildman–Crippen LogP) is 7.67. The van der Waals surface area contributed by atoms with E-state index in [1.165, 1.54) is 17.8 Å². The average Bonchev–Trinajstić information content (AvgIpc) is 2.72. The third-order valence-electron chi connectivity index (χ3n) is 4.18. The molecule has 0 aliphatic carbocycles. The van der Waals surface area contributed by atoms with Gasteiger partial charge in [0.1, 0.15) is 0 Å². The molecule has 0 bridgehead atoms. The summed E-state index contributed by atoms with van der Waals surface area (Å²) in [4.78, 5) is 25.8. The van der Waals surface area contributed by atoms with Crippen LogP contribution in [0.4, 0.5) is 11.4 Å². The number of rotatable bonds is 6. The zero-order valence-electron chi connectivity index (χ0n) is 16.1. The summed E-state index contributed by atoms with van der Waals surface area (Å²) in [6.07, 6.45) is 0. The Morgan fingerprint density at radius 1 is 0.871 bits per heavy atom. The van der Waals surface area contributed by atoms with Crippen molar-refractivity contribution in [2.24, 2.45) is 0 Å². The van der Waals surface area contributed by atoms with Crippen molar-refractivity contribution in [3.05, 3.63) is 86.3 Å². The van der Waals surface area contributed by atoms with E-state index in [1.807, 2.05) is 12.1 Å². The highest BCUT2D eigenvalue weighted by Crippen LogP contribution is 2.31. The van der Waals surface area contributed by atoms with Gasteiger partial charge in [-0.25, -0.2) is 0 Å². The normalized spacial score (nSPS) is 11.6. The molecule has 3 aromatic rings. The summed E-state index contributed by atoms with van der Waals surface area (Å²) in [5.74, 6) is -0.544. The number of nitrogens with one attached hydrogen (secondary N) is 2. The molecule has 3 aromatic carbocycles. The quantitative estimate of drug-likeness (QED) is 0.332. The Balaban J connectivity index is 1.60. The molecule has 3 rings (SSSR count). The zero-order valence-corrected chi connectivity index (χ0v) is 19.9. The lowest BCUT2D eigenvalue weighted by Crippen LogP contribution is -2.22. The van der Waals surface area contributed by atoms with E-state index >= 15 is 0 Å². The second-order valence-corrected chi connectivity index (χ2v) is 9.50. The van der Waals surface area contributed by atoms with Gasteiger partial charge in [-0.15, -0.1) is 11.8 Å². The van der Waals surface area contributed by atoms with Crippen LogP contribution in [0, 0.1) is 0 Å². The molecule has 4 nitrogen and oxygen atoms in total. The van der Waals surface area contributed by atoms with Crippen LogP contribution in [0.3, 0.4) is 0 Å². The summed E-state index contributed by atoms with van der Waals surface area (Å²) in [5.41, 5.74) is 1.39. The summed E-state index contributed by atoms with van der Waals surface area (Å²) < 4.78 is 0. The van der Waals surface area contributed by atoms with E-state index < -0.39 is 0 Å². The standard InChI is InChI=1S/C22H16Cl4N2O2S/c1-12(21(29)28-19-4-2-3-17(24)20(19)26)31-15-8-6-14(7-9-15)27-22(30)16-10-5-13(23)11-18(16)25/h2-12H,1H3,(H,27,30)(H,28,29). The average molecular weight is 514 g/mol. The zero-order chi connectivity index (χ0) is 22.5. The number of thioether (sulfide) groups is 1. The molecule has 160 valence electrons. The predicted molar refractivity (Wildman–Crippen MR) is 131 cm³/mol. The first-order valence-electron chi connectivity index (χ1n) is 9.02. The van der Waals surface area contributed by atoms with E-state index in [2.05, 4.69) is 10.6 Å². The van der Waals surface area contributed by atoms with Gasteiger partial charge in [0.2, 0.25) is 5.91 Å². The topological polar surface area (TPSA) is 58.2 Å². The Bertz CT molecular complexity index is 1120. The first-order chi connectivity index (χ1) is 14.7. The van der Waals surface area contributed by atoms with Crippen LogP contribution in [0.5, 0.6) is 0 Å². The lowest BCUT2D eigenvalue weighted by molar-refractivity contribution is -0.115. The smallest absolute Gasteiger partial charge is 0.257 e. The molecule has 31 heavy (non-hydrogen) atoms. The number of carbonyl (C=O) groups is 2. The maximum Gasteiger partial charge on any atom is 0.257 e. The van der Waals surface area contributed by atoms with Crippen LogP contribution in [0.2, 0.25) is 20.1 Å². The van der Waals surface area contributed by atoms with Crippen molar-refractivity contribution in [2.75, 3.05) is 10.6 Å². The Morgan fingerprint density at radius 3 is 2.26 bits per heavy atom. The largest absolute Gasteiger partial charge is 0.324 e. The van der Waals surface area contributed by atoms with E-state index in [0.29, 0.717) is 32.0 Å². The molecule has 0 aliphatic rings. The van der Waals surface area contributed by atoms with Crippen molar-refractivity contribution in [3.63, 3.8) is 0 Å². The Kier molecular flexibility index (Phi) is 8.14. The van der Waals surface area contributed by atoms with Gasteiger partial charge in [0, 0.05) is 15.6 Å². The monoisotopic (exact) mass is 512 g/mol. The molecule has 0 radical (unpaired) electrons. The van der Waals surface area contributed by atoms with Crippen molar-refractivity contribution in [2.45, 2.75) is 17.1 Å². The van der Waals surface area contributed by atoms with Crippen molar-refractivity contribution >= 4 is 81.4 Å². The summed E-state index contributed by atoms with van der Waals surface area (Å²) in [6, 6.07) is 16.9. The van der Waals surface area contributed by atoms with Crippen LogP contribution in [0.15, 0.2) is 65.6 Å². The maximum absolute atomic E-state index is 12.5. The fourth-order valence-corrected chi connectivity index (χ4v) is 4.29. The van der Waals surface area contributed by atoms with Gasteiger partial charge >= 0.3 is 0 Å². The van der Waals surface area contributed by atoms with Crippen LogP contribution in [-0.2, 0) is 4.79 Å². The highest BCUT2D eigenvalue weighted by molar-refractivity contribution is 8.00. The van der Waals surface area contributed by atoms with Crippen LogP contribution < -0.4 is 10.6 Å². The molecule has 0 aromatic heterocycles. The van der Waals surface area contributed by atoms with Gasteiger partial charge in [0.05, 0.1) is 31.6 Å². The van der Waals surface area contributed by atoms with Gasteiger partial charge in [-0.3, -0.25) is 9.59 Å². The molecule has 0 aliphatic heterocycles. The van der Waals surface area contributed by atoms with E-state index in [1.54, 1.807) is 49.4 Å². The fraction of sp³-hybridized carbons (Fsp3) is 0.0909. The van der Waals surface area contributed by atoms with Crippen molar-refractivity contribution in [3.8, 4) is 0 Å². The molecule has 1 unspecified atom stereocenters. The van der Waals surface area contributed by atoms with E-state index in [4.69, 9.17) is 46.4 Å². The first kappa shape index (κ1) is 23.8. The Labute approximate surface area is 204 Å². The Morgan fingerprint density at radius 2 is 1.58 bits per heavy atom. The maximum atomic E-state index is 12.5. The summed E-state index contributed by atoms with van der Waals surface area (Å²) in [5, 5.41) is 6.58. The molecule has 0 saturated carbocycles. The van der Waals surface area contributed by atoms with Crippen molar-refractivity contribution in [1.82, 2.24) is 0 Å². The number of benzene rings is 3. The second-order valence-electron chi connectivity index (χ2n) is 6.45. The van der Waals surface area contributed by atoms with E-state index in [-0.39, 0.29) is 22.1 Å². The minimum atomic E-state index is -0.386. The van der Waals surface area contributed by atoms with Gasteiger partial charge < -0.3 is 10.6 Å². The second kappa shape index (κ2) is 10.6. The van der Waals surface area contributed by atoms with Gasteiger partial charge in [0.15, 0.2) is 0 Å². The van der Waals surface area contributed by atoms with Gasteiger partial charge in [-0.1, -0.05) is 52.5 Å². The fourth-order valence-electron chi connectivity index (χ4n) is 2.58. The molecule has 1 atom stereocenters. The number of anilines is 2. The number of halogens is 4. The molecule has 0 fully saturated rings. The molecule has 2 amide bonds. The van der Waals surface area contributed by atoms with Crippen LogP contribution in [0.1, 0.15) is 17.3 Å². The van der Waals surface area contributed by atoms with Crippen LogP contribution in [0.25, 0.3) is 0 Å². The summed E-state index contributed by atoms with van der Waals surface area (Å²) in [6.45, 7) is 1.79. The van der Waals surface area contributed by atoms with Gasteiger partial charge in [-0.2, -0.15) is 0 Å². The minimum Gasteiger partial charge on any atom is -0.324 e. The van der Waals surface area contributed by atoms with Crippen LogP contribution in [-0.4, -0.2) is 17.1 Å². The Hall–Kier alpha value is -1.89. The first-order valence-corrected chi connectivity index (χ1v) is 11.4. The molecule has 0 heterocycles. The lowest BCUT2D eigenvalue weighted by atomic mass is 10.2. The minimum absolute atomic E-state index is 0.205. The third-order valence-corrected chi connectivity index (χ3v) is 6.66. The molecular weight excluding hydrogens is 498 g/mol. The highest BCUT2D eigenvalue weighted by Gasteiger charge is 2.17. The van der Waals surface area contributed by atoms with Gasteiger partial charge in [0.25, 0.3) is 5.91 Å². The number of amides is 2. The van der Waals surface area contributed by atoms with Crippen LogP contribution >= 0.6 is 58.2 Å². The SMILES string of the molecule is CC(Sc1ccc(NC(=O)c2ccc(Cl)cc2Cl)cc1)C(=O)Nc1cccc(Cl)c1Cl. The van der Waals surface area contributed by atoms with Gasteiger partial charge in [-0.05, 0) is 61.5 Å². The molecule has 0 saturated heterocycles. The number of carbonyl (C=O) groups excluding carboxylic acids is 2. The third kappa shape index (κ3) is 6.31. The van der Waals surface area contributed by atoms with Crippen molar-refractivity contribution < 1.29 is 9.59 Å². The van der Waals surface area contributed by atoms with Crippen molar-refractivity contribution in [1.29, 1.82) is 0 Å².